The van der Waals surface area contributed by atoms with E-state index in [0.717, 1.165) is 9.13 Å². The average molecular weight is 342 g/mol. The van der Waals surface area contributed by atoms with Crippen molar-refractivity contribution >= 4 is 28.6 Å². The molecule has 2 heterocycles. The SMILES string of the molecule is CC(c1ccncc1)n1cc(I)cc1C(=O)O. The zero-order valence-electron chi connectivity index (χ0n) is 9.17. The Bertz CT molecular complexity index is 537. The van der Waals surface area contributed by atoms with Gasteiger partial charge in [0, 0.05) is 22.2 Å². The number of carbonyl (C=O) groups is 1. The molecule has 1 unspecified atom stereocenters. The normalized spacial score (nSPS) is 12.4. The summed E-state index contributed by atoms with van der Waals surface area (Å²) in [7, 11) is 0. The summed E-state index contributed by atoms with van der Waals surface area (Å²) in [6.07, 6.45) is 5.26. The van der Waals surface area contributed by atoms with E-state index in [2.05, 4.69) is 27.6 Å². The molecule has 0 aliphatic rings. The van der Waals surface area contributed by atoms with Crippen molar-refractivity contribution in [3.63, 3.8) is 0 Å². The molecule has 2 aromatic rings. The molecular weight excluding hydrogens is 331 g/mol. The first-order valence-corrected chi connectivity index (χ1v) is 6.18. The van der Waals surface area contributed by atoms with Crippen molar-refractivity contribution in [2.45, 2.75) is 13.0 Å². The Hall–Kier alpha value is -1.37. The Labute approximate surface area is 112 Å². The van der Waals surface area contributed by atoms with E-state index in [9.17, 15) is 4.79 Å². The predicted octanol–water partition coefficient (Wildman–Crippen LogP) is 2.80. The summed E-state index contributed by atoms with van der Waals surface area (Å²) in [5.74, 6) is -0.908. The summed E-state index contributed by atoms with van der Waals surface area (Å²) in [5, 5.41) is 9.14. The molecule has 0 saturated carbocycles. The first-order valence-electron chi connectivity index (χ1n) is 5.10. The number of aromatic carboxylic acids is 1. The fourth-order valence-corrected chi connectivity index (χ4v) is 2.34. The third-order valence-corrected chi connectivity index (χ3v) is 3.23. The molecule has 0 radical (unpaired) electrons. The van der Waals surface area contributed by atoms with Crippen LogP contribution in [0.4, 0.5) is 0 Å². The lowest BCUT2D eigenvalue weighted by atomic mass is 10.1. The van der Waals surface area contributed by atoms with Gasteiger partial charge in [-0.1, -0.05) is 0 Å². The van der Waals surface area contributed by atoms with Crippen LogP contribution in [0.2, 0.25) is 0 Å². The molecule has 4 nitrogen and oxygen atoms in total. The van der Waals surface area contributed by atoms with E-state index in [-0.39, 0.29) is 6.04 Å². The summed E-state index contributed by atoms with van der Waals surface area (Å²) < 4.78 is 2.68. The van der Waals surface area contributed by atoms with Crippen LogP contribution in [0.1, 0.15) is 29.0 Å². The first-order chi connectivity index (χ1) is 8.09. The zero-order valence-corrected chi connectivity index (χ0v) is 11.3. The maximum Gasteiger partial charge on any atom is 0.352 e. The van der Waals surface area contributed by atoms with E-state index in [4.69, 9.17) is 5.11 Å². The molecule has 1 N–H and O–H groups in total. The molecule has 5 heteroatoms. The number of nitrogens with zero attached hydrogens (tertiary/aromatic N) is 2. The molecule has 88 valence electrons. The van der Waals surface area contributed by atoms with Gasteiger partial charge in [0.25, 0.3) is 0 Å². The van der Waals surface area contributed by atoms with Crippen LogP contribution in [-0.4, -0.2) is 20.6 Å². The topological polar surface area (TPSA) is 55.1 Å². The molecule has 0 spiro atoms. The maximum absolute atomic E-state index is 11.1. The highest BCUT2D eigenvalue weighted by atomic mass is 127. The van der Waals surface area contributed by atoms with Gasteiger partial charge >= 0.3 is 5.97 Å². The summed E-state index contributed by atoms with van der Waals surface area (Å²) in [4.78, 5) is 15.1. The Morgan fingerprint density at radius 2 is 2.12 bits per heavy atom. The van der Waals surface area contributed by atoms with Crippen molar-refractivity contribution in [2.24, 2.45) is 0 Å². The highest BCUT2D eigenvalue weighted by Crippen LogP contribution is 2.22. The van der Waals surface area contributed by atoms with Gasteiger partial charge in [-0.25, -0.2) is 4.79 Å². The van der Waals surface area contributed by atoms with E-state index in [1.165, 1.54) is 0 Å². The van der Waals surface area contributed by atoms with Crippen LogP contribution in [0.15, 0.2) is 36.8 Å². The van der Waals surface area contributed by atoms with Gasteiger partial charge in [0.05, 0.1) is 6.04 Å². The van der Waals surface area contributed by atoms with Crippen LogP contribution in [0.3, 0.4) is 0 Å². The highest BCUT2D eigenvalue weighted by molar-refractivity contribution is 14.1. The number of carboxylic acid groups (broad SMARTS) is 1. The summed E-state index contributed by atoms with van der Waals surface area (Å²) in [6, 6.07) is 5.43. The van der Waals surface area contributed by atoms with Crippen molar-refractivity contribution in [3.8, 4) is 0 Å². The second kappa shape index (κ2) is 4.87. The lowest BCUT2D eigenvalue weighted by Crippen LogP contribution is -2.12. The third kappa shape index (κ3) is 2.49. The molecule has 0 amide bonds. The minimum absolute atomic E-state index is 0.0207. The molecular formula is C12H11IN2O2. The third-order valence-electron chi connectivity index (χ3n) is 2.64. The Balaban J connectivity index is 2.44. The van der Waals surface area contributed by atoms with E-state index >= 15 is 0 Å². The van der Waals surface area contributed by atoms with E-state index in [1.54, 1.807) is 23.0 Å². The van der Waals surface area contributed by atoms with Crippen molar-refractivity contribution in [1.29, 1.82) is 0 Å². The van der Waals surface area contributed by atoms with Crippen LogP contribution in [0.5, 0.6) is 0 Å². The quantitative estimate of drug-likeness (QED) is 0.873. The van der Waals surface area contributed by atoms with Crippen molar-refractivity contribution < 1.29 is 9.90 Å². The number of halogens is 1. The van der Waals surface area contributed by atoms with Crippen LogP contribution in [-0.2, 0) is 0 Å². The molecule has 0 aromatic carbocycles. The maximum atomic E-state index is 11.1. The smallest absolute Gasteiger partial charge is 0.352 e. The zero-order chi connectivity index (χ0) is 12.4. The molecule has 0 fully saturated rings. The van der Waals surface area contributed by atoms with Crippen molar-refractivity contribution in [1.82, 2.24) is 9.55 Å². The van der Waals surface area contributed by atoms with Crippen LogP contribution >= 0.6 is 22.6 Å². The molecule has 0 saturated heterocycles. The van der Waals surface area contributed by atoms with Gasteiger partial charge in [-0.15, -0.1) is 0 Å². The molecule has 2 aromatic heterocycles. The van der Waals surface area contributed by atoms with Gasteiger partial charge in [0.2, 0.25) is 0 Å². The minimum atomic E-state index is -0.908. The first kappa shape index (κ1) is 12.1. The van der Waals surface area contributed by atoms with Gasteiger partial charge < -0.3 is 9.67 Å². The molecule has 0 bridgehead atoms. The average Bonchev–Trinajstić information content (AvgIpc) is 2.72. The Morgan fingerprint density at radius 3 is 2.71 bits per heavy atom. The second-order valence-corrected chi connectivity index (χ2v) is 4.96. The van der Waals surface area contributed by atoms with Gasteiger partial charge in [-0.2, -0.15) is 0 Å². The van der Waals surface area contributed by atoms with Crippen LogP contribution in [0.25, 0.3) is 0 Å². The molecule has 0 aliphatic carbocycles. The van der Waals surface area contributed by atoms with Gasteiger partial charge in [0.15, 0.2) is 0 Å². The summed E-state index contributed by atoms with van der Waals surface area (Å²) >= 11 is 2.12. The number of rotatable bonds is 3. The largest absolute Gasteiger partial charge is 0.477 e. The lowest BCUT2D eigenvalue weighted by Gasteiger charge is -2.15. The van der Waals surface area contributed by atoms with Gasteiger partial charge in [-0.3, -0.25) is 4.98 Å². The minimum Gasteiger partial charge on any atom is -0.477 e. The van der Waals surface area contributed by atoms with Gasteiger partial charge in [-0.05, 0) is 53.3 Å². The number of hydrogen-bond acceptors (Lipinski definition) is 2. The predicted molar refractivity (Wildman–Crippen MR) is 72.2 cm³/mol. The summed E-state index contributed by atoms with van der Waals surface area (Å²) in [5.41, 5.74) is 1.34. The lowest BCUT2D eigenvalue weighted by molar-refractivity contribution is 0.0684. The Morgan fingerprint density at radius 1 is 1.47 bits per heavy atom. The van der Waals surface area contributed by atoms with E-state index < -0.39 is 5.97 Å². The number of aromatic nitrogens is 2. The van der Waals surface area contributed by atoms with Crippen molar-refractivity contribution in [3.05, 3.63) is 51.6 Å². The highest BCUT2D eigenvalue weighted by Gasteiger charge is 2.16. The fraction of sp³-hybridized carbons (Fsp3) is 0.167. The number of hydrogen-bond donors (Lipinski definition) is 1. The van der Waals surface area contributed by atoms with Crippen molar-refractivity contribution in [2.75, 3.05) is 0 Å². The second-order valence-electron chi connectivity index (χ2n) is 3.71. The van der Waals surface area contributed by atoms with E-state index in [0.29, 0.717) is 5.69 Å². The van der Waals surface area contributed by atoms with E-state index in [1.807, 2.05) is 25.3 Å². The van der Waals surface area contributed by atoms with Gasteiger partial charge in [0.1, 0.15) is 5.69 Å². The molecule has 0 aliphatic heterocycles. The monoisotopic (exact) mass is 342 g/mol. The molecule has 17 heavy (non-hydrogen) atoms. The standard InChI is InChI=1S/C12H11IN2O2/c1-8(9-2-4-14-5-3-9)15-7-10(13)6-11(15)12(16)17/h2-8H,1H3,(H,16,17). The fourth-order valence-electron chi connectivity index (χ4n) is 1.74. The molecule has 1 atom stereocenters. The Kier molecular flexibility index (Phi) is 3.46. The number of carboxylic acids is 1. The summed E-state index contributed by atoms with van der Waals surface area (Å²) in [6.45, 7) is 1.97. The van der Waals surface area contributed by atoms with Crippen LogP contribution < -0.4 is 0 Å². The molecule has 2 rings (SSSR count). The van der Waals surface area contributed by atoms with Crippen LogP contribution in [0, 0.1) is 3.57 Å². The number of pyridine rings is 1.